The van der Waals surface area contributed by atoms with E-state index in [2.05, 4.69) is 25.5 Å². The Labute approximate surface area is 109 Å². The molecule has 0 aromatic rings. The highest BCUT2D eigenvalue weighted by Crippen LogP contribution is 2.37. The van der Waals surface area contributed by atoms with E-state index in [0.717, 1.165) is 11.7 Å². The van der Waals surface area contributed by atoms with Crippen LogP contribution in [0.3, 0.4) is 0 Å². The molecule has 2 unspecified atom stereocenters. The monoisotopic (exact) mass is 256 g/mol. The Hall–Kier alpha value is -0.440. The van der Waals surface area contributed by atoms with Gasteiger partial charge in [-0.3, -0.25) is 4.79 Å². The lowest BCUT2D eigenvalue weighted by molar-refractivity contribution is -0.140. The van der Waals surface area contributed by atoms with Gasteiger partial charge in [0, 0.05) is 11.0 Å². The van der Waals surface area contributed by atoms with Crippen molar-refractivity contribution >= 4 is 17.7 Å². The van der Waals surface area contributed by atoms with Gasteiger partial charge in [-0.1, -0.05) is 18.1 Å². The Morgan fingerprint density at radius 3 is 2.76 bits per heavy atom. The summed E-state index contributed by atoms with van der Waals surface area (Å²) in [5.41, 5.74) is 3.07. The normalized spacial score (nSPS) is 24.6. The van der Waals surface area contributed by atoms with Crippen molar-refractivity contribution < 1.29 is 9.53 Å². The zero-order valence-electron chi connectivity index (χ0n) is 11.4. The maximum atomic E-state index is 11.1. The van der Waals surface area contributed by atoms with Gasteiger partial charge in [0.15, 0.2) is 0 Å². The molecular formula is C14H24O2S. The fourth-order valence-electron chi connectivity index (χ4n) is 2.32. The molecule has 0 aromatic carbocycles. The minimum Gasteiger partial charge on any atom is -0.469 e. The lowest BCUT2D eigenvalue weighted by atomic mass is 9.85. The molecule has 2 nitrogen and oxygen atoms in total. The first-order chi connectivity index (χ1) is 8.04. The summed E-state index contributed by atoms with van der Waals surface area (Å²) in [6, 6.07) is 0. The van der Waals surface area contributed by atoms with Crippen molar-refractivity contribution in [2.45, 2.75) is 51.7 Å². The zero-order valence-corrected chi connectivity index (χ0v) is 12.2. The summed E-state index contributed by atoms with van der Waals surface area (Å²) >= 11 is 1.92. The second kappa shape index (κ2) is 7.10. The molecule has 98 valence electrons. The number of esters is 1. The van der Waals surface area contributed by atoms with Crippen LogP contribution in [-0.4, -0.2) is 24.1 Å². The molecule has 0 spiro atoms. The quantitative estimate of drug-likeness (QED) is 0.565. The van der Waals surface area contributed by atoms with E-state index in [-0.39, 0.29) is 5.97 Å². The average Bonchev–Trinajstić information content (AvgIpc) is 2.28. The molecule has 0 aromatic heterocycles. The van der Waals surface area contributed by atoms with E-state index in [1.165, 1.54) is 31.9 Å². The summed E-state index contributed by atoms with van der Waals surface area (Å²) in [4.78, 5) is 11.1. The molecule has 1 saturated carbocycles. The maximum absolute atomic E-state index is 11.1. The summed E-state index contributed by atoms with van der Waals surface area (Å²) in [7, 11) is 1.46. The highest BCUT2D eigenvalue weighted by atomic mass is 32.2. The molecule has 2 atom stereocenters. The van der Waals surface area contributed by atoms with E-state index >= 15 is 0 Å². The van der Waals surface area contributed by atoms with Gasteiger partial charge in [-0.25, -0.2) is 0 Å². The number of carbonyl (C=O) groups excluding carboxylic acids is 1. The van der Waals surface area contributed by atoms with Crippen molar-refractivity contribution in [3.05, 3.63) is 11.1 Å². The Morgan fingerprint density at radius 1 is 1.47 bits per heavy atom. The second-order valence-electron chi connectivity index (χ2n) is 5.09. The van der Waals surface area contributed by atoms with Crippen molar-refractivity contribution in [3.63, 3.8) is 0 Å². The molecule has 0 amide bonds. The minimum absolute atomic E-state index is 0.0971. The van der Waals surface area contributed by atoms with E-state index in [1.54, 1.807) is 5.57 Å². The number of thioether (sulfide) groups is 1. The number of rotatable bonds is 4. The number of carbonyl (C=O) groups is 1. The molecule has 17 heavy (non-hydrogen) atoms. The first-order valence-corrected chi connectivity index (χ1v) is 7.44. The van der Waals surface area contributed by atoms with E-state index < -0.39 is 0 Å². The summed E-state index contributed by atoms with van der Waals surface area (Å²) in [5, 5.41) is 0.619. The van der Waals surface area contributed by atoms with Crippen LogP contribution in [0.25, 0.3) is 0 Å². The maximum Gasteiger partial charge on any atom is 0.306 e. The van der Waals surface area contributed by atoms with Crippen LogP contribution in [0.15, 0.2) is 11.1 Å². The van der Waals surface area contributed by atoms with Gasteiger partial charge in [-0.05, 0) is 39.0 Å². The van der Waals surface area contributed by atoms with Gasteiger partial charge in [-0.2, -0.15) is 11.8 Å². The van der Waals surface area contributed by atoms with Gasteiger partial charge in [-0.15, -0.1) is 0 Å². The van der Waals surface area contributed by atoms with Gasteiger partial charge >= 0.3 is 5.97 Å². The number of allylic oxidation sites excluding steroid dienone is 1. The molecule has 0 bridgehead atoms. The molecule has 1 aliphatic rings. The van der Waals surface area contributed by atoms with Gasteiger partial charge in [0.1, 0.15) is 0 Å². The Kier molecular flexibility index (Phi) is 6.10. The van der Waals surface area contributed by atoms with E-state index in [9.17, 15) is 4.79 Å². The van der Waals surface area contributed by atoms with Crippen LogP contribution < -0.4 is 0 Å². The highest BCUT2D eigenvalue weighted by Gasteiger charge is 2.24. The van der Waals surface area contributed by atoms with Crippen molar-refractivity contribution in [2.24, 2.45) is 5.92 Å². The van der Waals surface area contributed by atoms with Gasteiger partial charge in [0.2, 0.25) is 0 Å². The highest BCUT2D eigenvalue weighted by molar-refractivity contribution is 8.00. The molecule has 0 heterocycles. The lowest BCUT2D eigenvalue weighted by Gasteiger charge is -2.30. The van der Waals surface area contributed by atoms with Crippen LogP contribution in [0.2, 0.25) is 0 Å². The van der Waals surface area contributed by atoms with Gasteiger partial charge in [0.25, 0.3) is 0 Å². The van der Waals surface area contributed by atoms with E-state index in [1.807, 2.05) is 11.8 Å². The Bertz CT molecular complexity index is 293. The number of hydrogen-bond acceptors (Lipinski definition) is 3. The third-order valence-electron chi connectivity index (χ3n) is 3.41. The molecule has 3 heteroatoms. The van der Waals surface area contributed by atoms with E-state index in [4.69, 9.17) is 0 Å². The lowest BCUT2D eigenvalue weighted by Crippen LogP contribution is -2.20. The minimum atomic E-state index is -0.0971. The van der Waals surface area contributed by atoms with Crippen LogP contribution in [0.1, 0.15) is 46.5 Å². The number of methoxy groups -OCH3 is 1. The summed E-state index contributed by atoms with van der Waals surface area (Å²) in [5.74, 6) is 1.59. The fraction of sp³-hybridized carbons (Fsp3) is 0.786. The van der Waals surface area contributed by atoms with Crippen molar-refractivity contribution in [1.29, 1.82) is 0 Å². The zero-order chi connectivity index (χ0) is 12.8. The summed E-state index contributed by atoms with van der Waals surface area (Å²) in [6.07, 6.45) is 4.34. The van der Waals surface area contributed by atoms with Crippen molar-refractivity contribution in [2.75, 3.05) is 12.9 Å². The molecule has 0 N–H and O–H groups in total. The topological polar surface area (TPSA) is 26.3 Å². The molecule has 1 rings (SSSR count). The van der Waals surface area contributed by atoms with Crippen LogP contribution in [-0.2, 0) is 9.53 Å². The van der Waals surface area contributed by atoms with E-state index in [0.29, 0.717) is 11.7 Å². The predicted molar refractivity (Wildman–Crippen MR) is 74.3 cm³/mol. The van der Waals surface area contributed by atoms with Gasteiger partial charge < -0.3 is 4.74 Å². The first-order valence-electron chi connectivity index (χ1n) is 6.39. The first kappa shape index (κ1) is 14.6. The molecule has 0 saturated heterocycles. The third-order valence-corrected chi connectivity index (χ3v) is 4.73. The van der Waals surface area contributed by atoms with Crippen LogP contribution in [0.5, 0.6) is 0 Å². The largest absolute Gasteiger partial charge is 0.469 e. The molecule has 1 fully saturated rings. The van der Waals surface area contributed by atoms with Crippen molar-refractivity contribution in [3.8, 4) is 0 Å². The van der Waals surface area contributed by atoms with Crippen LogP contribution >= 0.6 is 11.8 Å². The van der Waals surface area contributed by atoms with Crippen LogP contribution in [0.4, 0.5) is 0 Å². The third kappa shape index (κ3) is 4.74. The standard InChI is InChI=1S/C14H24O2S/c1-10(2)12-6-5-11(3)9-13(12)17-8-7-14(15)16-4/h11,13H,5-9H2,1-4H3. The summed E-state index contributed by atoms with van der Waals surface area (Å²) < 4.78 is 4.67. The van der Waals surface area contributed by atoms with Gasteiger partial charge in [0.05, 0.1) is 13.5 Å². The molecule has 1 aliphatic carbocycles. The Balaban J connectivity index is 2.47. The van der Waals surface area contributed by atoms with Crippen LogP contribution in [0, 0.1) is 5.92 Å². The fourth-order valence-corrected chi connectivity index (χ4v) is 3.90. The predicted octanol–water partition coefficient (Wildman–Crippen LogP) is 3.81. The molecule has 0 aliphatic heterocycles. The second-order valence-corrected chi connectivity index (χ2v) is 6.40. The number of ether oxygens (including phenoxy) is 1. The smallest absolute Gasteiger partial charge is 0.306 e. The Morgan fingerprint density at radius 2 is 2.18 bits per heavy atom. The van der Waals surface area contributed by atoms with Crippen molar-refractivity contribution in [1.82, 2.24) is 0 Å². The number of hydrogen-bond donors (Lipinski definition) is 0. The summed E-state index contributed by atoms with van der Waals surface area (Å²) in [6.45, 7) is 6.74. The molecule has 0 radical (unpaired) electrons. The SMILES string of the molecule is COC(=O)CCSC1CC(C)CCC1=C(C)C. The molecular weight excluding hydrogens is 232 g/mol. The average molecular weight is 256 g/mol.